The van der Waals surface area contributed by atoms with E-state index in [2.05, 4.69) is 4.98 Å². The van der Waals surface area contributed by atoms with E-state index in [4.69, 9.17) is 9.84 Å². The normalized spacial score (nSPS) is 25.8. The first-order chi connectivity index (χ1) is 7.08. The molecule has 1 aliphatic rings. The van der Waals surface area contributed by atoms with E-state index in [1.54, 1.807) is 0 Å². The summed E-state index contributed by atoms with van der Waals surface area (Å²) in [5.74, 6) is -0.171. The van der Waals surface area contributed by atoms with Crippen molar-refractivity contribution in [3.63, 3.8) is 0 Å². The Balaban J connectivity index is 2.36. The molecule has 1 N–H and O–H groups in total. The van der Waals surface area contributed by atoms with Crippen LogP contribution in [0.2, 0.25) is 0 Å². The van der Waals surface area contributed by atoms with Crippen LogP contribution in [0.5, 0.6) is 0 Å². The van der Waals surface area contributed by atoms with Gasteiger partial charge in [0, 0.05) is 11.9 Å². The minimum atomic E-state index is -0.966. The molecular weight excluding hydrogens is 223 g/mol. The molecular formula is C8H9FN2O3S. The molecule has 0 bridgehead atoms. The van der Waals surface area contributed by atoms with Gasteiger partial charge in [-0.3, -0.25) is 4.57 Å². The minimum absolute atomic E-state index is 0.0578. The van der Waals surface area contributed by atoms with Gasteiger partial charge in [0.2, 0.25) is 5.62 Å². The Bertz CT molecular complexity index is 436. The summed E-state index contributed by atoms with van der Waals surface area (Å²) in [6.45, 7) is 1.42. The van der Waals surface area contributed by atoms with Crippen LogP contribution in [0.25, 0.3) is 0 Å². The third kappa shape index (κ3) is 2.04. The van der Waals surface area contributed by atoms with Crippen molar-refractivity contribution in [2.45, 2.75) is 18.8 Å². The first kappa shape index (κ1) is 10.6. The van der Waals surface area contributed by atoms with Crippen molar-refractivity contribution >= 4 is 11.8 Å². The van der Waals surface area contributed by atoms with E-state index in [-0.39, 0.29) is 5.69 Å². The molecule has 0 amide bonds. The smallest absolute Gasteiger partial charge is 0.350 e. The first-order valence-corrected chi connectivity index (χ1v) is 5.33. The predicted octanol–water partition coefficient (Wildman–Crippen LogP) is 0.229. The zero-order valence-corrected chi connectivity index (χ0v) is 8.70. The molecule has 1 aromatic heterocycles. The maximum atomic E-state index is 13.2. The highest BCUT2D eigenvalue weighted by molar-refractivity contribution is 7.99. The number of ether oxygens (including phenoxy) is 1. The Morgan fingerprint density at radius 1 is 1.80 bits per heavy atom. The molecule has 0 radical (unpaired) electrons. The quantitative estimate of drug-likeness (QED) is 0.750. The van der Waals surface area contributed by atoms with Gasteiger partial charge in [-0.25, -0.2) is 9.18 Å². The molecule has 2 unspecified atom stereocenters. The van der Waals surface area contributed by atoms with Gasteiger partial charge < -0.3 is 9.84 Å². The van der Waals surface area contributed by atoms with Crippen LogP contribution in [0.15, 0.2) is 11.0 Å². The lowest BCUT2D eigenvalue weighted by Gasteiger charge is -2.12. The fraction of sp³-hybridized carbons (Fsp3) is 0.500. The maximum absolute atomic E-state index is 13.2. The number of aromatic nitrogens is 2. The molecule has 2 heterocycles. The largest absolute Gasteiger partial charge is 0.359 e. The average molecular weight is 232 g/mol. The standard InChI is InChI=1S/C8H9FN2O3S/c1-4-5(9)2-11(7(12)10-4)6-3-15-8(13)14-6/h2,6,8,13H,3H2,1H3. The van der Waals surface area contributed by atoms with Crippen molar-refractivity contribution in [2.75, 3.05) is 5.75 Å². The highest BCUT2D eigenvalue weighted by Gasteiger charge is 2.26. The highest BCUT2D eigenvalue weighted by Crippen LogP contribution is 2.28. The number of aliphatic hydroxyl groups is 1. The van der Waals surface area contributed by atoms with Crippen molar-refractivity contribution in [1.82, 2.24) is 9.55 Å². The molecule has 1 aliphatic heterocycles. The Hall–Kier alpha value is -0.920. The fourth-order valence-electron chi connectivity index (χ4n) is 1.26. The van der Waals surface area contributed by atoms with Crippen LogP contribution in [-0.2, 0) is 4.74 Å². The van der Waals surface area contributed by atoms with Crippen molar-refractivity contribution in [3.05, 3.63) is 28.2 Å². The van der Waals surface area contributed by atoms with Gasteiger partial charge in [0.1, 0.15) is 0 Å². The molecule has 7 heteroatoms. The summed E-state index contributed by atoms with van der Waals surface area (Å²) >= 11 is 1.14. The fourth-order valence-corrected chi connectivity index (χ4v) is 2.03. The molecule has 2 atom stereocenters. The molecule has 0 spiro atoms. The molecule has 1 saturated heterocycles. The summed E-state index contributed by atoms with van der Waals surface area (Å²) in [5, 5.41) is 9.09. The molecule has 0 aliphatic carbocycles. The monoisotopic (exact) mass is 232 g/mol. The van der Waals surface area contributed by atoms with E-state index in [1.807, 2.05) is 0 Å². The summed E-state index contributed by atoms with van der Waals surface area (Å²) in [6.07, 6.45) is 0.397. The van der Waals surface area contributed by atoms with Crippen LogP contribution < -0.4 is 5.69 Å². The Labute approximate surface area is 88.9 Å². The van der Waals surface area contributed by atoms with Gasteiger partial charge in [-0.2, -0.15) is 4.98 Å². The summed E-state index contributed by atoms with van der Waals surface area (Å²) in [7, 11) is 0. The predicted molar refractivity (Wildman–Crippen MR) is 51.8 cm³/mol. The third-order valence-electron chi connectivity index (χ3n) is 2.05. The van der Waals surface area contributed by atoms with Gasteiger partial charge in [0.15, 0.2) is 12.0 Å². The summed E-state index contributed by atoms with van der Waals surface area (Å²) in [6, 6.07) is 0. The van der Waals surface area contributed by atoms with Gasteiger partial charge in [0.25, 0.3) is 0 Å². The van der Waals surface area contributed by atoms with Gasteiger partial charge in [-0.15, -0.1) is 0 Å². The van der Waals surface area contributed by atoms with Gasteiger partial charge >= 0.3 is 5.69 Å². The molecule has 1 fully saturated rings. The molecule has 2 rings (SSSR count). The van der Waals surface area contributed by atoms with E-state index in [9.17, 15) is 9.18 Å². The highest BCUT2D eigenvalue weighted by atomic mass is 32.2. The zero-order valence-electron chi connectivity index (χ0n) is 7.88. The van der Waals surface area contributed by atoms with Crippen LogP contribution in [0.3, 0.4) is 0 Å². The molecule has 82 valence electrons. The number of aryl methyl sites for hydroxylation is 1. The summed E-state index contributed by atoms with van der Waals surface area (Å²) in [4.78, 5) is 14.9. The van der Waals surface area contributed by atoms with Crippen molar-refractivity contribution < 1.29 is 14.2 Å². The Kier molecular flexibility index (Phi) is 2.76. The number of hydrogen-bond acceptors (Lipinski definition) is 5. The van der Waals surface area contributed by atoms with Crippen LogP contribution in [0.4, 0.5) is 4.39 Å². The van der Waals surface area contributed by atoms with Crippen molar-refractivity contribution in [3.8, 4) is 0 Å². The molecule has 5 nitrogen and oxygen atoms in total. The SMILES string of the molecule is Cc1nc(=O)n(C2CSC(O)O2)cc1F. The lowest BCUT2D eigenvalue weighted by Crippen LogP contribution is -2.29. The molecule has 0 saturated carbocycles. The second-order valence-corrected chi connectivity index (χ2v) is 4.17. The second kappa shape index (κ2) is 3.92. The van der Waals surface area contributed by atoms with E-state index in [0.29, 0.717) is 5.75 Å². The topological polar surface area (TPSA) is 64.4 Å². The molecule has 1 aromatic rings. The van der Waals surface area contributed by atoms with E-state index < -0.39 is 23.4 Å². The lowest BCUT2D eigenvalue weighted by molar-refractivity contribution is -0.0843. The summed E-state index contributed by atoms with van der Waals surface area (Å²) in [5.41, 5.74) is -1.48. The van der Waals surface area contributed by atoms with Crippen molar-refractivity contribution in [2.24, 2.45) is 0 Å². The first-order valence-electron chi connectivity index (χ1n) is 4.28. The van der Waals surface area contributed by atoms with Crippen LogP contribution in [-0.4, -0.2) is 26.0 Å². The number of aliphatic hydroxyl groups excluding tert-OH is 1. The zero-order chi connectivity index (χ0) is 11.0. The number of halogens is 1. The lowest BCUT2D eigenvalue weighted by atomic mass is 10.4. The number of hydrogen-bond donors (Lipinski definition) is 1. The number of rotatable bonds is 1. The van der Waals surface area contributed by atoms with E-state index in [1.165, 1.54) is 6.92 Å². The maximum Gasteiger partial charge on any atom is 0.350 e. The minimum Gasteiger partial charge on any atom is -0.359 e. The number of nitrogens with zero attached hydrogens (tertiary/aromatic N) is 2. The molecule has 15 heavy (non-hydrogen) atoms. The average Bonchev–Trinajstić information content (AvgIpc) is 2.58. The van der Waals surface area contributed by atoms with E-state index >= 15 is 0 Å². The summed E-state index contributed by atoms with van der Waals surface area (Å²) < 4.78 is 19.2. The van der Waals surface area contributed by atoms with Crippen molar-refractivity contribution in [1.29, 1.82) is 0 Å². The van der Waals surface area contributed by atoms with Gasteiger partial charge in [-0.1, -0.05) is 11.8 Å². The van der Waals surface area contributed by atoms with Crippen LogP contribution in [0, 0.1) is 12.7 Å². The van der Waals surface area contributed by atoms with Gasteiger partial charge in [0.05, 0.1) is 5.69 Å². The van der Waals surface area contributed by atoms with E-state index in [0.717, 1.165) is 22.5 Å². The Morgan fingerprint density at radius 2 is 2.53 bits per heavy atom. The van der Waals surface area contributed by atoms with Crippen LogP contribution >= 0.6 is 11.8 Å². The molecule has 0 aromatic carbocycles. The number of thioether (sulfide) groups is 1. The van der Waals surface area contributed by atoms with Gasteiger partial charge in [-0.05, 0) is 6.92 Å². The Morgan fingerprint density at radius 3 is 3.13 bits per heavy atom. The van der Waals surface area contributed by atoms with Crippen LogP contribution in [0.1, 0.15) is 11.9 Å². The second-order valence-electron chi connectivity index (χ2n) is 3.10. The third-order valence-corrected chi connectivity index (χ3v) is 2.92.